The van der Waals surface area contributed by atoms with Crippen LogP contribution in [0.4, 0.5) is 0 Å². The van der Waals surface area contributed by atoms with E-state index in [1.54, 1.807) is 0 Å². The van der Waals surface area contributed by atoms with Gasteiger partial charge in [-0.25, -0.2) is 19.9 Å². The third kappa shape index (κ3) is 5.24. The summed E-state index contributed by atoms with van der Waals surface area (Å²) >= 11 is 0. The van der Waals surface area contributed by atoms with E-state index >= 15 is 0 Å². The minimum atomic E-state index is 0.569. The van der Waals surface area contributed by atoms with Crippen LogP contribution in [-0.4, -0.2) is 24.5 Å². The first-order chi connectivity index (χ1) is 30.2. The van der Waals surface area contributed by atoms with Crippen LogP contribution in [0, 0.1) is 0 Å². The molecule has 7 nitrogen and oxygen atoms in total. The van der Waals surface area contributed by atoms with Gasteiger partial charge in [0.05, 0.1) is 16.4 Å². The third-order valence-electron chi connectivity index (χ3n) is 11.9. The molecule has 0 atom stereocenters. The zero-order chi connectivity index (χ0) is 40.0. The fraction of sp³-hybridized carbons (Fsp3) is 0. The van der Waals surface area contributed by atoms with E-state index in [-0.39, 0.29) is 0 Å². The van der Waals surface area contributed by atoms with Crippen LogP contribution in [0.25, 0.3) is 128 Å². The van der Waals surface area contributed by atoms with Crippen LogP contribution < -0.4 is 0 Å². The summed E-state index contributed by atoms with van der Waals surface area (Å²) in [5, 5.41) is 8.49. The van der Waals surface area contributed by atoms with Gasteiger partial charge in [0.15, 0.2) is 23.1 Å². The van der Waals surface area contributed by atoms with Gasteiger partial charge in [-0.1, -0.05) is 127 Å². The molecule has 7 heteroatoms. The number of nitrogens with zero attached hydrogens (tertiary/aromatic N) is 5. The van der Waals surface area contributed by atoms with E-state index in [1.807, 2.05) is 54.6 Å². The Morgan fingerprint density at radius 1 is 0.361 bits per heavy atom. The van der Waals surface area contributed by atoms with Crippen LogP contribution in [0.1, 0.15) is 0 Å². The number of para-hydroxylation sites is 2. The van der Waals surface area contributed by atoms with Gasteiger partial charge in [0.1, 0.15) is 16.7 Å². The van der Waals surface area contributed by atoms with Crippen molar-refractivity contribution in [2.45, 2.75) is 0 Å². The second-order valence-electron chi connectivity index (χ2n) is 15.4. The monoisotopic (exact) mass is 781 g/mol. The van der Waals surface area contributed by atoms with Crippen molar-refractivity contribution in [1.29, 1.82) is 0 Å². The van der Waals surface area contributed by atoms with Gasteiger partial charge in [-0.05, 0) is 82.2 Å². The zero-order valence-corrected chi connectivity index (χ0v) is 32.5. The molecule has 13 aromatic rings. The summed E-state index contributed by atoms with van der Waals surface area (Å²) in [6, 6.07) is 64.7. The molecular weight excluding hydrogens is 751 g/mol. The van der Waals surface area contributed by atoms with Gasteiger partial charge in [-0.2, -0.15) is 0 Å². The maximum atomic E-state index is 6.50. The molecule has 0 bridgehead atoms. The lowest BCUT2D eigenvalue weighted by molar-refractivity contribution is 0.619. The second kappa shape index (κ2) is 13.0. The molecule has 61 heavy (non-hydrogen) atoms. The molecule has 0 saturated carbocycles. The number of rotatable bonds is 5. The number of hydrogen-bond acceptors (Lipinski definition) is 6. The average Bonchev–Trinajstić information content (AvgIpc) is 4.03. The summed E-state index contributed by atoms with van der Waals surface area (Å²) in [5.74, 6) is 2.33. The lowest BCUT2D eigenvalue weighted by Crippen LogP contribution is -2.01. The summed E-state index contributed by atoms with van der Waals surface area (Å²) in [6.07, 6.45) is 0. The van der Waals surface area contributed by atoms with Gasteiger partial charge < -0.3 is 13.4 Å². The Morgan fingerprint density at radius 3 is 1.85 bits per heavy atom. The number of oxazole rings is 1. The third-order valence-corrected chi connectivity index (χ3v) is 11.9. The van der Waals surface area contributed by atoms with Gasteiger partial charge in [-0.3, -0.25) is 0 Å². The van der Waals surface area contributed by atoms with Gasteiger partial charge >= 0.3 is 0 Å². The first-order valence-electron chi connectivity index (χ1n) is 20.3. The molecule has 13 rings (SSSR count). The summed E-state index contributed by atoms with van der Waals surface area (Å²) in [4.78, 5) is 20.8. The fourth-order valence-corrected chi connectivity index (χ4v) is 9.05. The van der Waals surface area contributed by atoms with Crippen LogP contribution in [-0.2, 0) is 0 Å². The van der Waals surface area contributed by atoms with Crippen molar-refractivity contribution in [3.63, 3.8) is 0 Å². The van der Waals surface area contributed by atoms with E-state index < -0.39 is 0 Å². The molecule has 4 aromatic heterocycles. The molecule has 0 spiro atoms. The molecule has 0 saturated heterocycles. The molecule has 0 radical (unpaired) electrons. The van der Waals surface area contributed by atoms with E-state index in [0.717, 1.165) is 93.4 Å². The van der Waals surface area contributed by atoms with Crippen molar-refractivity contribution < 1.29 is 8.83 Å². The predicted molar refractivity (Wildman–Crippen MR) is 246 cm³/mol. The van der Waals surface area contributed by atoms with Crippen molar-refractivity contribution in [1.82, 2.24) is 24.5 Å². The standard InChI is InChI=1S/C54H31N5O2/c1-3-13-34(14-4-1)54-55-50-47(61-54)29-28-46-49(50)48-42-30-35(23-22-33(42)25-27-45(48)60-46)51-56-52(58-53(57-51)41-20-11-15-32-12-7-8-18-38(32)41)36-24-26-40-39-19-9-10-21-43(39)59(44(40)31-36)37-16-5-2-6-17-37/h1-31H. The Bertz CT molecular complexity index is 3880. The van der Waals surface area contributed by atoms with E-state index in [2.05, 4.69) is 138 Å². The first-order valence-corrected chi connectivity index (χ1v) is 20.3. The molecule has 0 aliphatic rings. The van der Waals surface area contributed by atoms with Crippen LogP contribution >= 0.6 is 0 Å². The lowest BCUT2D eigenvalue weighted by atomic mass is 10.0. The van der Waals surface area contributed by atoms with Crippen LogP contribution in [0.15, 0.2) is 197 Å². The summed E-state index contributed by atoms with van der Waals surface area (Å²) < 4.78 is 15.1. The number of benzene rings is 9. The molecule has 0 fully saturated rings. The Balaban J connectivity index is 1.05. The van der Waals surface area contributed by atoms with Crippen molar-refractivity contribution in [2.75, 3.05) is 0 Å². The molecule has 4 heterocycles. The van der Waals surface area contributed by atoms with Crippen molar-refractivity contribution in [3.05, 3.63) is 188 Å². The van der Waals surface area contributed by atoms with E-state index in [4.69, 9.17) is 28.8 Å². The van der Waals surface area contributed by atoms with Crippen LogP contribution in [0.5, 0.6) is 0 Å². The molecule has 0 aliphatic heterocycles. The highest BCUT2D eigenvalue weighted by Crippen LogP contribution is 2.41. The number of fused-ring (bicyclic) bond motifs is 11. The summed E-state index contributed by atoms with van der Waals surface area (Å²) in [6.45, 7) is 0. The van der Waals surface area contributed by atoms with E-state index in [0.29, 0.717) is 28.9 Å². The van der Waals surface area contributed by atoms with Crippen molar-refractivity contribution in [3.8, 4) is 51.3 Å². The molecule has 0 amide bonds. The largest absolute Gasteiger partial charge is 0.456 e. The zero-order valence-electron chi connectivity index (χ0n) is 32.5. The lowest BCUT2D eigenvalue weighted by Gasteiger charge is -2.12. The topological polar surface area (TPSA) is 82.8 Å². The van der Waals surface area contributed by atoms with Gasteiger partial charge in [0, 0.05) is 44.1 Å². The highest BCUT2D eigenvalue weighted by atomic mass is 16.4. The Morgan fingerprint density at radius 2 is 0.984 bits per heavy atom. The Labute approximate surface area is 347 Å². The van der Waals surface area contributed by atoms with Crippen LogP contribution in [0.2, 0.25) is 0 Å². The number of furan rings is 1. The minimum Gasteiger partial charge on any atom is -0.456 e. The fourth-order valence-electron chi connectivity index (χ4n) is 9.05. The van der Waals surface area contributed by atoms with Gasteiger partial charge in [0.2, 0.25) is 5.89 Å². The second-order valence-corrected chi connectivity index (χ2v) is 15.4. The normalized spacial score (nSPS) is 11.9. The average molecular weight is 782 g/mol. The first kappa shape index (κ1) is 33.5. The highest BCUT2D eigenvalue weighted by Gasteiger charge is 2.21. The highest BCUT2D eigenvalue weighted by molar-refractivity contribution is 6.25. The number of hydrogen-bond donors (Lipinski definition) is 0. The Kier molecular flexibility index (Phi) is 7.17. The molecule has 0 N–H and O–H groups in total. The molecule has 0 unspecified atom stereocenters. The summed E-state index contributed by atoms with van der Waals surface area (Å²) in [5.41, 5.74) is 9.89. The van der Waals surface area contributed by atoms with Gasteiger partial charge in [0.25, 0.3) is 0 Å². The molecule has 284 valence electrons. The predicted octanol–water partition coefficient (Wildman–Crippen LogP) is 14.0. The maximum Gasteiger partial charge on any atom is 0.227 e. The maximum absolute atomic E-state index is 6.50. The van der Waals surface area contributed by atoms with Gasteiger partial charge in [-0.15, -0.1) is 0 Å². The minimum absolute atomic E-state index is 0.569. The number of aromatic nitrogens is 5. The molecular formula is C54H31N5O2. The SMILES string of the molecule is c1ccc(-c2nc3c(ccc4oc5ccc6ccc(-c7nc(-c8ccc9c%10ccccc%10n(-c%10ccccc%10)c9c8)nc(-c8cccc9ccccc89)n7)cc6c5c43)o2)cc1. The Hall–Kier alpha value is -8.42. The van der Waals surface area contributed by atoms with E-state index in [1.165, 1.54) is 5.39 Å². The van der Waals surface area contributed by atoms with Crippen molar-refractivity contribution >= 4 is 76.4 Å². The molecule has 0 aliphatic carbocycles. The van der Waals surface area contributed by atoms with E-state index in [9.17, 15) is 0 Å². The summed E-state index contributed by atoms with van der Waals surface area (Å²) in [7, 11) is 0. The smallest absolute Gasteiger partial charge is 0.227 e. The van der Waals surface area contributed by atoms with Crippen molar-refractivity contribution in [2.24, 2.45) is 0 Å². The van der Waals surface area contributed by atoms with Crippen LogP contribution in [0.3, 0.4) is 0 Å². The molecule has 9 aromatic carbocycles. The quantitative estimate of drug-likeness (QED) is 0.173.